The van der Waals surface area contributed by atoms with E-state index < -0.39 is 30.1 Å². The van der Waals surface area contributed by atoms with Crippen LogP contribution in [0.2, 0.25) is 0 Å². The molecule has 2 aliphatic rings. The van der Waals surface area contributed by atoms with Gasteiger partial charge in [-0.25, -0.2) is 4.79 Å². The summed E-state index contributed by atoms with van der Waals surface area (Å²) in [5.74, 6) is -1.63. The lowest BCUT2D eigenvalue weighted by Gasteiger charge is -2.17. The summed E-state index contributed by atoms with van der Waals surface area (Å²) in [5.41, 5.74) is 1.50. The van der Waals surface area contributed by atoms with Crippen LogP contribution in [0.15, 0.2) is 35.5 Å². The Morgan fingerprint density at radius 1 is 1.20 bits per heavy atom. The predicted molar refractivity (Wildman–Crippen MR) is 90.5 cm³/mol. The van der Waals surface area contributed by atoms with Crippen molar-refractivity contribution in [2.24, 2.45) is 5.92 Å². The fraction of sp³-hybridized carbons (Fsp3) is 0.526. The van der Waals surface area contributed by atoms with Crippen LogP contribution in [0.5, 0.6) is 0 Å². The molecule has 0 unspecified atom stereocenters. The molecule has 2 N–H and O–H groups in total. The molecule has 0 radical (unpaired) electrons. The zero-order chi connectivity index (χ0) is 18.7. The minimum atomic E-state index is -1.39. The van der Waals surface area contributed by atoms with Crippen LogP contribution in [0.25, 0.3) is 0 Å². The predicted octanol–water partition coefficient (Wildman–Crippen LogP) is 1.41. The number of hydrogen-bond acceptors (Lipinski definition) is 6. The maximum Gasteiger partial charge on any atom is 0.336 e. The molecule has 25 heavy (non-hydrogen) atoms. The van der Waals surface area contributed by atoms with Crippen LogP contribution < -0.4 is 0 Å². The standard InChI is InChI=1S/C19H24O6/c1-10(2)12-4-5-14-18(23)17(25-19(14)24)7-11(3)6-15(21)16(22)9-13(20)8-12/h5-6,12,16-18,22-23H,1,4,7-9H2,2-3H3/b11-6-,14-5?/t12-,16-,17+,18-/m0/s1. The van der Waals surface area contributed by atoms with Crippen molar-refractivity contribution >= 4 is 17.5 Å². The number of fused-ring (bicyclic) bond motifs is 2. The highest BCUT2D eigenvalue weighted by Crippen LogP contribution is 2.29. The third kappa shape index (κ3) is 4.74. The van der Waals surface area contributed by atoms with E-state index in [9.17, 15) is 24.6 Å². The Morgan fingerprint density at radius 2 is 1.88 bits per heavy atom. The molecule has 4 atom stereocenters. The maximum atomic E-state index is 12.2. The highest BCUT2D eigenvalue weighted by Gasteiger charge is 2.38. The number of rotatable bonds is 1. The van der Waals surface area contributed by atoms with Crippen molar-refractivity contribution in [3.05, 3.63) is 35.5 Å². The van der Waals surface area contributed by atoms with Crippen molar-refractivity contribution in [1.82, 2.24) is 0 Å². The first-order valence-corrected chi connectivity index (χ1v) is 8.34. The zero-order valence-electron chi connectivity index (χ0n) is 14.5. The number of hydrogen-bond donors (Lipinski definition) is 2. The van der Waals surface area contributed by atoms with Gasteiger partial charge in [-0.15, -0.1) is 0 Å². The summed E-state index contributed by atoms with van der Waals surface area (Å²) in [5, 5.41) is 20.3. The number of carbonyl (C=O) groups is 3. The lowest BCUT2D eigenvalue weighted by atomic mass is 9.88. The van der Waals surface area contributed by atoms with Gasteiger partial charge in [-0.05, 0) is 32.3 Å². The zero-order valence-corrected chi connectivity index (χ0v) is 14.5. The Kier molecular flexibility index (Phi) is 6.08. The minimum Gasteiger partial charge on any atom is -0.455 e. The second kappa shape index (κ2) is 7.89. The smallest absolute Gasteiger partial charge is 0.336 e. The molecule has 1 aliphatic carbocycles. The summed E-state index contributed by atoms with van der Waals surface area (Å²) in [7, 11) is 0. The lowest BCUT2D eigenvalue weighted by Crippen LogP contribution is -2.25. The Morgan fingerprint density at radius 3 is 2.52 bits per heavy atom. The van der Waals surface area contributed by atoms with Crippen molar-refractivity contribution in [2.45, 2.75) is 57.8 Å². The van der Waals surface area contributed by atoms with Crippen LogP contribution in [-0.4, -0.2) is 46.1 Å². The molecule has 1 aliphatic heterocycles. The van der Waals surface area contributed by atoms with Crippen LogP contribution in [0, 0.1) is 5.92 Å². The topological polar surface area (TPSA) is 101 Å². The number of Topliss-reactive ketones (excluding diaryl/α,β-unsaturated/α-hetero) is 1. The monoisotopic (exact) mass is 348 g/mol. The Bertz CT molecular complexity index is 657. The second-order valence-corrected chi connectivity index (χ2v) is 6.89. The number of allylic oxidation sites excluding steroid dienone is 2. The van der Waals surface area contributed by atoms with Gasteiger partial charge in [-0.1, -0.05) is 23.8 Å². The van der Waals surface area contributed by atoms with Crippen LogP contribution in [0.3, 0.4) is 0 Å². The molecule has 6 heteroatoms. The van der Waals surface area contributed by atoms with Crippen LogP contribution >= 0.6 is 0 Å². The third-order valence-corrected chi connectivity index (χ3v) is 4.62. The van der Waals surface area contributed by atoms with Crippen molar-refractivity contribution < 1.29 is 29.3 Å². The van der Waals surface area contributed by atoms with Crippen molar-refractivity contribution in [3.8, 4) is 0 Å². The van der Waals surface area contributed by atoms with E-state index in [1.807, 2.05) is 0 Å². The van der Waals surface area contributed by atoms with Gasteiger partial charge in [0.15, 0.2) is 5.78 Å². The normalized spacial score (nSPS) is 33.8. The molecule has 1 fully saturated rings. The molecule has 2 bridgehead atoms. The van der Waals surface area contributed by atoms with E-state index in [4.69, 9.17) is 4.74 Å². The quantitative estimate of drug-likeness (QED) is 0.549. The molecule has 6 nitrogen and oxygen atoms in total. The van der Waals surface area contributed by atoms with Gasteiger partial charge in [-0.3, -0.25) is 9.59 Å². The van der Waals surface area contributed by atoms with Crippen LogP contribution in [0.1, 0.15) is 39.5 Å². The van der Waals surface area contributed by atoms with E-state index in [2.05, 4.69) is 6.58 Å². The molecular formula is C19H24O6. The highest BCUT2D eigenvalue weighted by atomic mass is 16.6. The van der Waals surface area contributed by atoms with Gasteiger partial charge in [0.1, 0.15) is 24.1 Å². The molecule has 0 spiro atoms. The second-order valence-electron chi connectivity index (χ2n) is 6.89. The SMILES string of the molecule is C=C(C)[C@H]1CC=C2C(=O)O[C@H](C/C(C)=C\C(=O)[C@@H](O)CC(=O)C1)[C@H]2O. The van der Waals surface area contributed by atoms with Gasteiger partial charge in [0.2, 0.25) is 0 Å². The summed E-state index contributed by atoms with van der Waals surface area (Å²) in [6, 6.07) is 0. The maximum absolute atomic E-state index is 12.2. The Hall–Kier alpha value is -2.05. The van der Waals surface area contributed by atoms with E-state index in [-0.39, 0.29) is 36.5 Å². The summed E-state index contributed by atoms with van der Waals surface area (Å²) >= 11 is 0. The number of ether oxygens (including phenoxy) is 1. The molecule has 1 heterocycles. The average molecular weight is 348 g/mol. The number of carbonyl (C=O) groups excluding carboxylic acids is 3. The van der Waals surface area contributed by atoms with Gasteiger partial charge in [0.25, 0.3) is 0 Å². The third-order valence-electron chi connectivity index (χ3n) is 4.62. The molecule has 2 rings (SSSR count). The number of ketones is 2. The van der Waals surface area contributed by atoms with Crippen molar-refractivity contribution in [1.29, 1.82) is 0 Å². The molecular weight excluding hydrogens is 324 g/mol. The molecule has 136 valence electrons. The van der Waals surface area contributed by atoms with Crippen LogP contribution in [-0.2, 0) is 19.1 Å². The van der Waals surface area contributed by atoms with Crippen molar-refractivity contribution in [2.75, 3.05) is 0 Å². The summed E-state index contributed by atoms with van der Waals surface area (Å²) in [6.07, 6.45) is 0.0140. The molecule has 1 saturated heterocycles. The summed E-state index contributed by atoms with van der Waals surface area (Å²) < 4.78 is 5.20. The number of aliphatic hydroxyl groups is 2. The van der Waals surface area contributed by atoms with Gasteiger partial charge in [-0.2, -0.15) is 0 Å². The first-order chi connectivity index (χ1) is 11.7. The first-order valence-electron chi connectivity index (χ1n) is 8.34. The van der Waals surface area contributed by atoms with E-state index in [1.54, 1.807) is 19.9 Å². The van der Waals surface area contributed by atoms with Crippen molar-refractivity contribution in [3.63, 3.8) is 0 Å². The Labute approximate surface area is 146 Å². The molecule has 0 aromatic heterocycles. The Balaban J connectivity index is 2.35. The number of esters is 1. The molecule has 0 saturated carbocycles. The number of aliphatic hydroxyl groups excluding tert-OH is 2. The highest BCUT2D eigenvalue weighted by molar-refractivity contribution is 5.97. The molecule has 0 amide bonds. The minimum absolute atomic E-state index is 0.112. The first kappa shape index (κ1) is 19.3. The van der Waals surface area contributed by atoms with E-state index >= 15 is 0 Å². The van der Waals surface area contributed by atoms with Gasteiger partial charge in [0, 0.05) is 19.3 Å². The largest absolute Gasteiger partial charge is 0.455 e. The summed E-state index contributed by atoms with van der Waals surface area (Å²) in [4.78, 5) is 36.2. The van der Waals surface area contributed by atoms with E-state index in [1.165, 1.54) is 6.08 Å². The van der Waals surface area contributed by atoms with E-state index in [0.29, 0.717) is 12.0 Å². The average Bonchev–Trinajstić information content (AvgIpc) is 2.76. The fourth-order valence-electron chi connectivity index (χ4n) is 3.07. The summed E-state index contributed by atoms with van der Waals surface area (Å²) in [6.45, 7) is 7.29. The van der Waals surface area contributed by atoms with Gasteiger partial charge >= 0.3 is 5.97 Å². The lowest BCUT2D eigenvalue weighted by molar-refractivity contribution is -0.139. The van der Waals surface area contributed by atoms with E-state index in [0.717, 1.165) is 5.57 Å². The fourth-order valence-corrected chi connectivity index (χ4v) is 3.07. The van der Waals surface area contributed by atoms with Crippen LogP contribution in [0.4, 0.5) is 0 Å². The molecule has 0 aromatic rings. The molecule has 0 aromatic carbocycles. The van der Waals surface area contributed by atoms with Gasteiger partial charge < -0.3 is 14.9 Å². The van der Waals surface area contributed by atoms with Gasteiger partial charge in [0.05, 0.1) is 5.57 Å².